The van der Waals surface area contributed by atoms with Gasteiger partial charge in [0.25, 0.3) is 0 Å². The van der Waals surface area contributed by atoms with Gasteiger partial charge in [0.1, 0.15) is 0 Å². The normalized spacial score (nSPS) is 11.3. The standard InChI is InChI=1S/C51H37N3/c1-5-15-40(16-6-1)50-48-35-39(30-33-49(48)54(45-23-11-4-12-24-45)51(50)41-17-7-2-8-18-41)27-26-38-28-31-46(32-29-38)53(44-21-9-3-10-22-44)47-25-13-19-42(36-47)43-20-14-34-52-37-43/h1-37H. The highest BCUT2D eigenvalue weighted by molar-refractivity contribution is 6.06. The zero-order valence-corrected chi connectivity index (χ0v) is 29.7. The molecule has 54 heavy (non-hydrogen) atoms. The van der Waals surface area contributed by atoms with Gasteiger partial charge in [-0.3, -0.25) is 4.98 Å². The topological polar surface area (TPSA) is 21.1 Å². The first kappa shape index (κ1) is 32.7. The van der Waals surface area contributed by atoms with E-state index in [9.17, 15) is 0 Å². The van der Waals surface area contributed by atoms with Crippen molar-refractivity contribution in [3.63, 3.8) is 0 Å². The molecule has 0 unspecified atom stereocenters. The van der Waals surface area contributed by atoms with Gasteiger partial charge >= 0.3 is 0 Å². The number of rotatable bonds is 9. The van der Waals surface area contributed by atoms with Gasteiger partial charge in [0.05, 0.1) is 11.2 Å². The van der Waals surface area contributed by atoms with Gasteiger partial charge in [0.15, 0.2) is 0 Å². The molecule has 0 fully saturated rings. The second-order valence-electron chi connectivity index (χ2n) is 13.3. The number of para-hydroxylation sites is 2. The van der Waals surface area contributed by atoms with Crippen LogP contribution in [0.15, 0.2) is 213 Å². The van der Waals surface area contributed by atoms with Crippen LogP contribution in [-0.2, 0) is 0 Å². The Balaban J connectivity index is 1.10. The molecule has 3 nitrogen and oxygen atoms in total. The van der Waals surface area contributed by atoms with Crippen molar-refractivity contribution < 1.29 is 0 Å². The van der Waals surface area contributed by atoms with Crippen molar-refractivity contribution in [3.05, 3.63) is 224 Å². The third kappa shape index (κ3) is 6.51. The molecule has 0 spiro atoms. The molecule has 0 aliphatic rings. The third-order valence-corrected chi connectivity index (χ3v) is 9.85. The fourth-order valence-electron chi connectivity index (χ4n) is 7.33. The predicted molar refractivity (Wildman–Crippen MR) is 227 cm³/mol. The second-order valence-corrected chi connectivity index (χ2v) is 13.3. The molecule has 0 radical (unpaired) electrons. The molecule has 0 aliphatic carbocycles. The molecule has 0 bridgehead atoms. The first-order valence-corrected chi connectivity index (χ1v) is 18.3. The first-order chi connectivity index (χ1) is 26.8. The van der Waals surface area contributed by atoms with Gasteiger partial charge in [-0.1, -0.05) is 146 Å². The quantitative estimate of drug-likeness (QED) is 0.141. The summed E-state index contributed by atoms with van der Waals surface area (Å²) in [5.41, 5.74) is 14.9. The van der Waals surface area contributed by atoms with Gasteiger partial charge in [0.2, 0.25) is 0 Å². The smallest absolute Gasteiger partial charge is 0.0619 e. The van der Waals surface area contributed by atoms with E-state index < -0.39 is 0 Å². The Morgan fingerprint density at radius 1 is 0.426 bits per heavy atom. The molecule has 2 heterocycles. The average molecular weight is 692 g/mol. The molecule has 7 aromatic carbocycles. The first-order valence-electron chi connectivity index (χ1n) is 18.3. The highest BCUT2D eigenvalue weighted by Crippen LogP contribution is 2.43. The van der Waals surface area contributed by atoms with E-state index in [0.717, 1.165) is 45.0 Å². The molecule has 0 amide bonds. The molecule has 0 N–H and O–H groups in total. The van der Waals surface area contributed by atoms with Crippen LogP contribution in [0.1, 0.15) is 11.1 Å². The van der Waals surface area contributed by atoms with E-state index in [1.54, 1.807) is 0 Å². The Hall–Kier alpha value is -7.23. The number of benzene rings is 7. The average Bonchev–Trinajstić information content (AvgIpc) is 3.60. The Labute approximate surface area is 316 Å². The van der Waals surface area contributed by atoms with Gasteiger partial charge in [-0.15, -0.1) is 0 Å². The number of aromatic nitrogens is 2. The van der Waals surface area contributed by atoms with Gasteiger partial charge < -0.3 is 9.47 Å². The number of hydrogen-bond acceptors (Lipinski definition) is 2. The maximum absolute atomic E-state index is 4.34. The van der Waals surface area contributed by atoms with E-state index in [-0.39, 0.29) is 0 Å². The molecule has 9 aromatic rings. The van der Waals surface area contributed by atoms with Crippen molar-refractivity contribution in [2.24, 2.45) is 0 Å². The predicted octanol–water partition coefficient (Wildman–Crippen LogP) is 13.7. The molecule has 0 aliphatic heterocycles. The largest absolute Gasteiger partial charge is 0.310 e. The van der Waals surface area contributed by atoms with E-state index >= 15 is 0 Å². The van der Waals surface area contributed by atoms with Crippen molar-refractivity contribution in [1.29, 1.82) is 0 Å². The maximum Gasteiger partial charge on any atom is 0.0619 e. The highest BCUT2D eigenvalue weighted by atomic mass is 15.1. The van der Waals surface area contributed by atoms with E-state index in [1.165, 1.54) is 33.3 Å². The molecular formula is C51H37N3. The summed E-state index contributed by atoms with van der Waals surface area (Å²) in [5.74, 6) is 0. The Morgan fingerprint density at radius 3 is 1.70 bits per heavy atom. The fraction of sp³-hybridized carbons (Fsp3) is 0. The zero-order chi connectivity index (χ0) is 36.1. The minimum absolute atomic E-state index is 1.09. The van der Waals surface area contributed by atoms with Crippen LogP contribution >= 0.6 is 0 Å². The molecule has 0 atom stereocenters. The van der Waals surface area contributed by atoms with Gasteiger partial charge in [-0.2, -0.15) is 0 Å². The van der Waals surface area contributed by atoms with E-state index in [2.05, 4.69) is 221 Å². The van der Waals surface area contributed by atoms with Gasteiger partial charge in [-0.25, -0.2) is 0 Å². The number of fused-ring (bicyclic) bond motifs is 1. The summed E-state index contributed by atoms with van der Waals surface area (Å²) in [7, 11) is 0. The van der Waals surface area contributed by atoms with Crippen molar-refractivity contribution in [2.75, 3.05) is 4.90 Å². The number of pyridine rings is 1. The van der Waals surface area contributed by atoms with Gasteiger partial charge in [0, 0.05) is 51.7 Å². The van der Waals surface area contributed by atoms with Crippen LogP contribution in [-0.4, -0.2) is 9.55 Å². The van der Waals surface area contributed by atoms with Crippen molar-refractivity contribution in [3.8, 4) is 39.2 Å². The van der Waals surface area contributed by atoms with Gasteiger partial charge in [-0.05, 0) is 94.5 Å². The van der Waals surface area contributed by atoms with Crippen LogP contribution in [0.3, 0.4) is 0 Å². The van der Waals surface area contributed by atoms with Crippen LogP contribution < -0.4 is 4.90 Å². The molecular weight excluding hydrogens is 655 g/mol. The lowest BCUT2D eigenvalue weighted by atomic mass is 9.97. The molecule has 9 rings (SSSR count). The number of nitrogens with zero attached hydrogens (tertiary/aromatic N) is 3. The highest BCUT2D eigenvalue weighted by Gasteiger charge is 2.21. The molecule has 0 saturated carbocycles. The van der Waals surface area contributed by atoms with E-state index in [1.807, 2.05) is 18.5 Å². The lowest BCUT2D eigenvalue weighted by Gasteiger charge is -2.26. The van der Waals surface area contributed by atoms with Crippen LogP contribution in [0.2, 0.25) is 0 Å². The van der Waals surface area contributed by atoms with E-state index in [4.69, 9.17) is 0 Å². The minimum atomic E-state index is 1.09. The zero-order valence-electron chi connectivity index (χ0n) is 29.7. The summed E-state index contributed by atoms with van der Waals surface area (Å²) in [6, 6.07) is 71.0. The lowest BCUT2D eigenvalue weighted by Crippen LogP contribution is -2.09. The maximum atomic E-state index is 4.34. The fourth-order valence-corrected chi connectivity index (χ4v) is 7.33. The summed E-state index contributed by atoms with van der Waals surface area (Å²) in [6.07, 6.45) is 8.14. The Kier molecular flexibility index (Phi) is 8.94. The number of hydrogen-bond donors (Lipinski definition) is 0. The van der Waals surface area contributed by atoms with Crippen LogP contribution in [0.4, 0.5) is 17.1 Å². The van der Waals surface area contributed by atoms with Crippen molar-refractivity contribution in [1.82, 2.24) is 9.55 Å². The Morgan fingerprint density at radius 2 is 1.00 bits per heavy atom. The molecule has 3 heteroatoms. The Bertz CT molecular complexity index is 2670. The minimum Gasteiger partial charge on any atom is -0.310 e. The monoisotopic (exact) mass is 691 g/mol. The van der Waals surface area contributed by atoms with Crippen molar-refractivity contribution >= 4 is 40.1 Å². The molecule has 2 aromatic heterocycles. The van der Waals surface area contributed by atoms with E-state index in [0.29, 0.717) is 0 Å². The summed E-state index contributed by atoms with van der Waals surface area (Å²) in [6.45, 7) is 0. The van der Waals surface area contributed by atoms with Crippen LogP contribution in [0.25, 0.3) is 62.3 Å². The van der Waals surface area contributed by atoms with Crippen LogP contribution in [0, 0.1) is 0 Å². The lowest BCUT2D eigenvalue weighted by molar-refractivity contribution is 1.13. The number of anilines is 3. The summed E-state index contributed by atoms with van der Waals surface area (Å²) in [4.78, 5) is 6.64. The summed E-state index contributed by atoms with van der Waals surface area (Å²) in [5, 5.41) is 1.22. The molecule has 0 saturated heterocycles. The SMILES string of the molecule is C(=Cc1ccc2c(c1)c(-c1ccccc1)c(-c1ccccc1)n2-c1ccccc1)c1ccc(N(c2ccccc2)c2cccc(-c3cccnc3)c2)cc1. The van der Waals surface area contributed by atoms with Crippen LogP contribution in [0.5, 0.6) is 0 Å². The second kappa shape index (κ2) is 14.8. The molecule has 256 valence electrons. The summed E-state index contributed by atoms with van der Waals surface area (Å²) < 4.78 is 2.41. The third-order valence-electron chi connectivity index (χ3n) is 9.85. The summed E-state index contributed by atoms with van der Waals surface area (Å²) >= 11 is 0. The van der Waals surface area contributed by atoms with Crippen molar-refractivity contribution in [2.45, 2.75) is 0 Å².